The highest BCUT2D eigenvalue weighted by molar-refractivity contribution is 7.91. The van der Waals surface area contributed by atoms with Crippen molar-refractivity contribution in [1.29, 1.82) is 0 Å². The maximum absolute atomic E-state index is 14.9. The van der Waals surface area contributed by atoms with Gasteiger partial charge in [-0.2, -0.15) is 4.31 Å². The first-order chi connectivity index (χ1) is 15.8. The Kier molecular flexibility index (Phi) is 6.46. The Morgan fingerprint density at radius 3 is 2.85 bits per heavy atom. The lowest BCUT2D eigenvalue weighted by Gasteiger charge is -2.16. The van der Waals surface area contributed by atoms with Crippen LogP contribution in [0.25, 0.3) is 33.4 Å². The van der Waals surface area contributed by atoms with Gasteiger partial charge in [0.1, 0.15) is 18.2 Å². The minimum Gasteiger partial charge on any atom is -0.490 e. The van der Waals surface area contributed by atoms with Crippen molar-refractivity contribution >= 4 is 32.7 Å². The summed E-state index contributed by atoms with van der Waals surface area (Å²) in [5.74, 6) is -0.0443. The summed E-state index contributed by atoms with van der Waals surface area (Å²) in [4.78, 5) is 11.9. The molecule has 4 rings (SSSR count). The fourth-order valence-corrected chi connectivity index (χ4v) is 4.17. The molecule has 33 heavy (non-hydrogen) atoms. The number of hydrogen-bond donors (Lipinski definition) is 1. The van der Waals surface area contributed by atoms with Crippen molar-refractivity contribution in [2.24, 2.45) is 0 Å². The SMILES string of the molecule is C=CS(=O)(=O)N(C)CCOc1cnccc1-c1[nH]c2cccnc2c1-c1cc(Cl)ccc1F. The van der Waals surface area contributed by atoms with Crippen molar-refractivity contribution in [2.45, 2.75) is 0 Å². The molecule has 0 aliphatic heterocycles. The summed E-state index contributed by atoms with van der Waals surface area (Å²) in [6.45, 7) is 3.49. The van der Waals surface area contributed by atoms with E-state index in [0.29, 0.717) is 44.2 Å². The number of hydrogen-bond acceptors (Lipinski definition) is 5. The number of rotatable bonds is 8. The largest absolute Gasteiger partial charge is 0.490 e. The van der Waals surface area contributed by atoms with E-state index in [1.807, 2.05) is 6.07 Å². The van der Waals surface area contributed by atoms with E-state index in [4.69, 9.17) is 16.3 Å². The number of pyridine rings is 2. The molecule has 0 spiro atoms. The summed E-state index contributed by atoms with van der Waals surface area (Å²) in [5.41, 5.74) is 3.31. The Balaban J connectivity index is 1.78. The van der Waals surface area contributed by atoms with Gasteiger partial charge in [-0.25, -0.2) is 12.8 Å². The molecule has 10 heteroatoms. The van der Waals surface area contributed by atoms with Gasteiger partial charge >= 0.3 is 0 Å². The Bertz CT molecular complexity index is 1440. The van der Waals surface area contributed by atoms with Gasteiger partial charge in [0.25, 0.3) is 0 Å². The van der Waals surface area contributed by atoms with Crippen molar-refractivity contribution in [3.8, 4) is 28.1 Å². The molecule has 3 heterocycles. The average Bonchev–Trinajstić information content (AvgIpc) is 3.20. The molecule has 1 N–H and O–H groups in total. The third-order valence-electron chi connectivity index (χ3n) is 5.11. The summed E-state index contributed by atoms with van der Waals surface area (Å²) >= 11 is 6.17. The highest BCUT2D eigenvalue weighted by Gasteiger charge is 2.22. The second-order valence-corrected chi connectivity index (χ2v) is 9.58. The standard InChI is InChI=1S/C23H20ClFN4O3S/c1-3-33(30,31)29(2)11-12-32-20-14-26-10-8-16(20)22-21(17-13-15(24)6-7-18(17)25)23-19(28-22)5-4-9-27-23/h3-10,13-14,28H,1,11-12H2,2H3. The summed E-state index contributed by atoms with van der Waals surface area (Å²) in [7, 11) is -2.11. The third-order valence-corrected chi connectivity index (χ3v) is 6.82. The van der Waals surface area contributed by atoms with Crippen LogP contribution in [0.2, 0.25) is 5.02 Å². The fourth-order valence-electron chi connectivity index (χ4n) is 3.41. The predicted molar refractivity (Wildman–Crippen MR) is 127 cm³/mol. The van der Waals surface area contributed by atoms with Gasteiger partial charge in [0.05, 0.1) is 22.9 Å². The molecule has 0 saturated carbocycles. The molecule has 0 unspecified atom stereocenters. The van der Waals surface area contributed by atoms with Crippen LogP contribution in [0.3, 0.4) is 0 Å². The van der Waals surface area contributed by atoms with Gasteiger partial charge in [-0.05, 0) is 36.4 Å². The summed E-state index contributed by atoms with van der Waals surface area (Å²) in [6.07, 6.45) is 4.74. The molecule has 1 aromatic carbocycles. The molecule has 4 aromatic rings. The smallest absolute Gasteiger partial charge is 0.235 e. The van der Waals surface area contributed by atoms with Crippen LogP contribution in [0.4, 0.5) is 4.39 Å². The van der Waals surface area contributed by atoms with Crippen LogP contribution in [0.15, 0.2) is 67.0 Å². The molecule has 0 aliphatic rings. The summed E-state index contributed by atoms with van der Waals surface area (Å²) in [5, 5.41) is 1.27. The van der Waals surface area contributed by atoms with Gasteiger partial charge in [-0.1, -0.05) is 18.2 Å². The molecule has 0 amide bonds. The van der Waals surface area contributed by atoms with Crippen LogP contribution in [-0.4, -0.2) is 47.9 Å². The van der Waals surface area contributed by atoms with Crippen LogP contribution < -0.4 is 4.74 Å². The Hall–Kier alpha value is -3.27. The van der Waals surface area contributed by atoms with Gasteiger partial charge in [0, 0.05) is 53.1 Å². The lowest BCUT2D eigenvalue weighted by Crippen LogP contribution is -2.29. The molecular formula is C23H20ClFN4O3S. The molecule has 0 radical (unpaired) electrons. The lowest BCUT2D eigenvalue weighted by atomic mass is 10.00. The van der Waals surface area contributed by atoms with E-state index in [-0.39, 0.29) is 13.2 Å². The van der Waals surface area contributed by atoms with Crippen molar-refractivity contribution < 1.29 is 17.5 Å². The quantitative estimate of drug-likeness (QED) is 0.384. The number of nitrogens with one attached hydrogen (secondary N) is 1. The number of fused-ring (bicyclic) bond motifs is 1. The van der Waals surface area contributed by atoms with Crippen molar-refractivity contribution in [1.82, 2.24) is 19.3 Å². The highest BCUT2D eigenvalue weighted by atomic mass is 35.5. The van der Waals surface area contributed by atoms with E-state index in [0.717, 1.165) is 9.71 Å². The zero-order chi connectivity index (χ0) is 23.6. The molecule has 0 fully saturated rings. The number of likely N-dealkylation sites (N-methyl/N-ethyl adjacent to an activating group) is 1. The summed E-state index contributed by atoms with van der Waals surface area (Å²) < 4.78 is 45.6. The van der Waals surface area contributed by atoms with E-state index in [9.17, 15) is 12.8 Å². The molecule has 0 aliphatic carbocycles. The Morgan fingerprint density at radius 1 is 1.24 bits per heavy atom. The first-order valence-corrected chi connectivity index (χ1v) is 11.8. The molecule has 0 atom stereocenters. The van der Waals surface area contributed by atoms with E-state index < -0.39 is 15.8 Å². The fraction of sp³-hybridized carbons (Fsp3) is 0.130. The number of halogens is 2. The van der Waals surface area contributed by atoms with Gasteiger partial charge < -0.3 is 9.72 Å². The molecule has 0 saturated heterocycles. The van der Waals surface area contributed by atoms with Gasteiger partial charge in [-0.15, -0.1) is 0 Å². The van der Waals surface area contributed by atoms with Crippen molar-refractivity contribution in [2.75, 3.05) is 20.2 Å². The number of aromatic amines is 1. The highest BCUT2D eigenvalue weighted by Crippen LogP contribution is 2.42. The average molecular weight is 487 g/mol. The van der Waals surface area contributed by atoms with Crippen molar-refractivity contribution in [3.05, 3.63) is 77.8 Å². The van der Waals surface area contributed by atoms with E-state index in [1.165, 1.54) is 25.4 Å². The zero-order valence-corrected chi connectivity index (χ0v) is 19.2. The van der Waals surface area contributed by atoms with Crippen LogP contribution in [0.1, 0.15) is 0 Å². The molecule has 0 bridgehead atoms. The predicted octanol–water partition coefficient (Wildman–Crippen LogP) is 4.87. The second kappa shape index (κ2) is 9.30. The maximum Gasteiger partial charge on any atom is 0.235 e. The first-order valence-electron chi connectivity index (χ1n) is 9.90. The second-order valence-electron chi connectivity index (χ2n) is 7.15. The number of H-pyrrole nitrogens is 1. The monoisotopic (exact) mass is 486 g/mol. The summed E-state index contributed by atoms with van der Waals surface area (Å²) in [6, 6.07) is 9.69. The maximum atomic E-state index is 14.9. The van der Waals surface area contributed by atoms with Gasteiger partial charge in [-0.3, -0.25) is 9.97 Å². The van der Waals surface area contributed by atoms with Gasteiger partial charge in [0.15, 0.2) is 0 Å². The molecule has 170 valence electrons. The van der Waals surface area contributed by atoms with Gasteiger partial charge in [0.2, 0.25) is 10.0 Å². The number of nitrogens with zero attached hydrogens (tertiary/aromatic N) is 3. The minimum atomic E-state index is -3.55. The number of benzene rings is 1. The van der Waals surface area contributed by atoms with E-state index in [1.54, 1.807) is 30.6 Å². The van der Waals surface area contributed by atoms with Crippen LogP contribution in [-0.2, 0) is 10.0 Å². The van der Waals surface area contributed by atoms with Crippen molar-refractivity contribution in [3.63, 3.8) is 0 Å². The molecule has 7 nitrogen and oxygen atoms in total. The zero-order valence-electron chi connectivity index (χ0n) is 17.6. The van der Waals surface area contributed by atoms with Crippen LogP contribution in [0.5, 0.6) is 5.75 Å². The molecular weight excluding hydrogens is 467 g/mol. The normalized spacial score (nSPS) is 11.8. The van der Waals surface area contributed by atoms with E-state index in [2.05, 4.69) is 21.5 Å². The topological polar surface area (TPSA) is 88.2 Å². The Labute approximate surface area is 195 Å². The lowest BCUT2D eigenvalue weighted by molar-refractivity contribution is 0.288. The first kappa shape index (κ1) is 22.9. The number of ether oxygens (including phenoxy) is 1. The van der Waals surface area contributed by atoms with E-state index >= 15 is 0 Å². The Morgan fingerprint density at radius 2 is 2.06 bits per heavy atom. The number of sulfonamides is 1. The third kappa shape index (κ3) is 4.61. The minimum absolute atomic E-state index is 0.0710. The van der Waals surface area contributed by atoms with Crippen LogP contribution >= 0.6 is 11.6 Å². The van der Waals surface area contributed by atoms with Crippen LogP contribution in [0, 0.1) is 5.82 Å². The molecule has 3 aromatic heterocycles. The number of aromatic nitrogens is 3.